The highest BCUT2D eigenvalue weighted by molar-refractivity contribution is 7.82. The van der Waals surface area contributed by atoms with Crippen LogP contribution in [0.1, 0.15) is 31.7 Å². The minimum atomic E-state index is -0.593. The quantitative estimate of drug-likeness (QED) is 0.384. The van der Waals surface area contributed by atoms with Crippen molar-refractivity contribution in [2.75, 3.05) is 46.1 Å². The molecule has 3 amide bonds. The van der Waals surface area contributed by atoms with Crippen molar-refractivity contribution in [3.05, 3.63) is 40.6 Å². The Kier molecular flexibility index (Phi) is 13.3. The summed E-state index contributed by atoms with van der Waals surface area (Å²) in [5.41, 5.74) is 7.81. The number of piperidine rings is 1. The van der Waals surface area contributed by atoms with Crippen LogP contribution in [0, 0.1) is 6.92 Å². The van der Waals surface area contributed by atoms with E-state index in [1.165, 1.54) is 0 Å². The summed E-state index contributed by atoms with van der Waals surface area (Å²) in [5.74, 6) is -0.621. The van der Waals surface area contributed by atoms with Crippen molar-refractivity contribution in [2.24, 2.45) is 5.73 Å². The number of nitrogens with zero attached hydrogens (tertiary/aromatic N) is 2. The van der Waals surface area contributed by atoms with Crippen LogP contribution in [0.2, 0.25) is 5.02 Å². The SMILES string of the molecule is C/C=C(\CCN(C)C)NC(=S)C(N)=O.Cc1cc(Cl)ccc1NCC(=O)NC1CCN(C)C(=O)C1. The van der Waals surface area contributed by atoms with Crippen molar-refractivity contribution < 1.29 is 14.4 Å². The maximum absolute atomic E-state index is 11.9. The molecule has 0 spiro atoms. The third-order valence-electron chi connectivity index (χ3n) is 5.33. The van der Waals surface area contributed by atoms with E-state index in [1.807, 2.05) is 46.2 Å². The minimum Gasteiger partial charge on any atom is -0.376 e. The number of anilines is 1. The van der Waals surface area contributed by atoms with Crippen LogP contribution in [0.5, 0.6) is 0 Å². The van der Waals surface area contributed by atoms with Gasteiger partial charge in [-0.3, -0.25) is 14.4 Å². The van der Waals surface area contributed by atoms with Crippen LogP contribution in [0.4, 0.5) is 5.69 Å². The van der Waals surface area contributed by atoms with Crippen molar-refractivity contribution in [1.82, 2.24) is 20.4 Å². The van der Waals surface area contributed by atoms with Gasteiger partial charge in [0.15, 0.2) is 4.99 Å². The molecule has 0 aliphatic carbocycles. The molecule has 1 aromatic rings. The number of nitrogens with one attached hydrogen (secondary N) is 3. The van der Waals surface area contributed by atoms with E-state index in [2.05, 4.69) is 20.9 Å². The Hall–Kier alpha value is -2.69. The van der Waals surface area contributed by atoms with Crippen molar-refractivity contribution in [3.8, 4) is 0 Å². The van der Waals surface area contributed by atoms with E-state index in [0.717, 1.165) is 36.3 Å². The van der Waals surface area contributed by atoms with E-state index in [9.17, 15) is 14.4 Å². The second kappa shape index (κ2) is 15.3. The molecule has 0 saturated carbocycles. The minimum absolute atomic E-state index is 0.0608. The van der Waals surface area contributed by atoms with Gasteiger partial charge in [-0.15, -0.1) is 0 Å². The van der Waals surface area contributed by atoms with Crippen LogP contribution >= 0.6 is 23.8 Å². The molecule has 194 valence electrons. The maximum Gasteiger partial charge on any atom is 0.276 e. The molecule has 5 N–H and O–H groups in total. The van der Waals surface area contributed by atoms with Gasteiger partial charge in [0.05, 0.1) is 6.54 Å². The number of carbonyl (C=O) groups excluding carboxylic acids is 3. The number of nitrogens with two attached hydrogens (primary N) is 1. The van der Waals surface area contributed by atoms with E-state index in [0.29, 0.717) is 18.0 Å². The number of thiocarbonyl (C=S) groups is 1. The summed E-state index contributed by atoms with van der Waals surface area (Å²) in [6.45, 7) is 5.59. The Morgan fingerprint density at radius 3 is 2.57 bits per heavy atom. The lowest BCUT2D eigenvalue weighted by Gasteiger charge is -2.29. The van der Waals surface area contributed by atoms with Crippen molar-refractivity contribution in [3.63, 3.8) is 0 Å². The highest BCUT2D eigenvalue weighted by Crippen LogP contribution is 2.19. The Bertz CT molecular complexity index is 938. The molecule has 0 bridgehead atoms. The predicted octanol–water partition coefficient (Wildman–Crippen LogP) is 2.04. The Balaban J connectivity index is 0.000000383. The molecule has 1 fully saturated rings. The zero-order valence-corrected chi connectivity index (χ0v) is 22.7. The van der Waals surface area contributed by atoms with E-state index in [1.54, 1.807) is 18.0 Å². The summed E-state index contributed by atoms with van der Waals surface area (Å²) >= 11 is 10.7. The number of likely N-dealkylation sites (tertiary alicyclic amines) is 1. The van der Waals surface area contributed by atoms with Gasteiger partial charge >= 0.3 is 0 Å². The van der Waals surface area contributed by atoms with Gasteiger partial charge in [0.1, 0.15) is 0 Å². The monoisotopic (exact) mass is 524 g/mol. The van der Waals surface area contributed by atoms with Crippen molar-refractivity contribution in [2.45, 2.75) is 39.2 Å². The number of allylic oxidation sites excluding steroid dienone is 1. The molecule has 1 aliphatic rings. The van der Waals surface area contributed by atoms with E-state index in [4.69, 9.17) is 29.6 Å². The molecule has 0 radical (unpaired) electrons. The molecule has 35 heavy (non-hydrogen) atoms. The molecule has 1 saturated heterocycles. The number of primary amides is 1. The summed E-state index contributed by atoms with van der Waals surface area (Å²) in [4.78, 5) is 38.0. The number of halogens is 1. The van der Waals surface area contributed by atoms with Gasteiger partial charge in [0.2, 0.25) is 11.8 Å². The molecule has 1 aromatic carbocycles. The van der Waals surface area contributed by atoms with Gasteiger partial charge in [0.25, 0.3) is 5.91 Å². The first kappa shape index (κ1) is 30.3. The highest BCUT2D eigenvalue weighted by atomic mass is 35.5. The van der Waals surface area contributed by atoms with Gasteiger partial charge in [-0.2, -0.15) is 0 Å². The third-order valence-corrected chi connectivity index (χ3v) is 5.87. The van der Waals surface area contributed by atoms with Crippen molar-refractivity contribution in [1.29, 1.82) is 0 Å². The van der Waals surface area contributed by atoms with Crippen molar-refractivity contribution >= 4 is 52.2 Å². The Morgan fingerprint density at radius 1 is 1.34 bits per heavy atom. The first-order valence-corrected chi connectivity index (χ1v) is 12.2. The second-order valence-corrected chi connectivity index (χ2v) is 9.42. The molecule has 9 nitrogen and oxygen atoms in total. The molecule has 1 atom stereocenters. The van der Waals surface area contributed by atoms with E-state index >= 15 is 0 Å². The lowest BCUT2D eigenvalue weighted by Crippen LogP contribution is -2.47. The fraction of sp³-hybridized carbons (Fsp3) is 0.500. The van der Waals surface area contributed by atoms with Gasteiger partial charge < -0.3 is 31.5 Å². The first-order chi connectivity index (χ1) is 16.4. The predicted molar refractivity (Wildman–Crippen MR) is 145 cm³/mol. The molecular weight excluding hydrogens is 488 g/mol. The fourth-order valence-electron chi connectivity index (χ4n) is 3.18. The summed E-state index contributed by atoms with van der Waals surface area (Å²) in [5, 5.41) is 9.47. The van der Waals surface area contributed by atoms with Crippen LogP contribution in [-0.4, -0.2) is 79.3 Å². The summed E-state index contributed by atoms with van der Waals surface area (Å²) in [6, 6.07) is 5.42. The fourth-order valence-corrected chi connectivity index (χ4v) is 3.53. The summed E-state index contributed by atoms with van der Waals surface area (Å²) < 4.78 is 0. The zero-order valence-electron chi connectivity index (χ0n) is 21.1. The zero-order chi connectivity index (χ0) is 26.5. The number of hydrogen-bond acceptors (Lipinski definition) is 6. The largest absolute Gasteiger partial charge is 0.376 e. The summed E-state index contributed by atoms with van der Waals surface area (Å²) in [7, 11) is 5.75. The number of carbonyl (C=O) groups is 3. The van der Waals surface area contributed by atoms with Crippen LogP contribution < -0.4 is 21.7 Å². The second-order valence-electron chi connectivity index (χ2n) is 8.57. The topological polar surface area (TPSA) is 120 Å². The van der Waals surface area contributed by atoms with Gasteiger partial charge in [0, 0.05) is 49.0 Å². The maximum atomic E-state index is 11.9. The normalized spacial score (nSPS) is 15.7. The molecule has 1 heterocycles. The number of hydrogen-bond donors (Lipinski definition) is 4. The average molecular weight is 525 g/mol. The molecule has 2 rings (SSSR count). The summed E-state index contributed by atoms with van der Waals surface area (Å²) in [6.07, 6.45) is 3.88. The van der Waals surface area contributed by atoms with Crippen LogP contribution in [-0.2, 0) is 14.4 Å². The number of aryl methyl sites for hydroxylation is 1. The molecule has 1 unspecified atom stereocenters. The van der Waals surface area contributed by atoms with Crippen LogP contribution in [0.15, 0.2) is 30.0 Å². The molecular formula is C24H37ClN6O3S. The Morgan fingerprint density at radius 2 is 2.03 bits per heavy atom. The van der Waals surface area contributed by atoms with Crippen LogP contribution in [0.25, 0.3) is 0 Å². The number of benzene rings is 1. The lowest BCUT2D eigenvalue weighted by atomic mass is 10.0. The number of rotatable bonds is 8. The first-order valence-electron chi connectivity index (χ1n) is 11.4. The molecule has 11 heteroatoms. The van der Waals surface area contributed by atoms with Gasteiger partial charge in [-0.1, -0.05) is 29.9 Å². The Labute approximate surface area is 218 Å². The lowest BCUT2D eigenvalue weighted by molar-refractivity contribution is -0.133. The average Bonchev–Trinajstić information content (AvgIpc) is 2.78. The molecule has 1 aliphatic heterocycles. The number of amides is 3. The van der Waals surface area contributed by atoms with Crippen LogP contribution in [0.3, 0.4) is 0 Å². The third kappa shape index (κ3) is 12.0. The smallest absolute Gasteiger partial charge is 0.276 e. The van der Waals surface area contributed by atoms with Gasteiger partial charge in [-0.25, -0.2) is 0 Å². The standard InChI is InChI=1S/C15H20ClN3O2.C9H17N3OS/c1-10-7-11(16)3-4-13(10)17-9-14(20)18-12-5-6-19(2)15(21)8-12;1-4-7(5-6-12(2)3)11-9(14)8(10)13/h3-4,7,12,17H,5-6,8-9H2,1-2H3,(H,18,20);4H,5-6H2,1-3H3,(H2,10,13)(H,11,14)/b;7-4+. The molecule has 0 aromatic heterocycles. The van der Waals surface area contributed by atoms with E-state index < -0.39 is 5.91 Å². The van der Waals surface area contributed by atoms with Gasteiger partial charge in [-0.05, 0) is 64.5 Å². The highest BCUT2D eigenvalue weighted by Gasteiger charge is 2.24. The van der Waals surface area contributed by atoms with E-state index in [-0.39, 0.29) is 29.4 Å².